The van der Waals surface area contributed by atoms with Gasteiger partial charge in [0.25, 0.3) is 5.91 Å². The summed E-state index contributed by atoms with van der Waals surface area (Å²) in [5.74, 6) is -1.04. The van der Waals surface area contributed by atoms with Crippen LogP contribution in [0.4, 0.5) is 5.69 Å². The van der Waals surface area contributed by atoms with Gasteiger partial charge in [-0.05, 0) is 58.8 Å². The summed E-state index contributed by atoms with van der Waals surface area (Å²) in [5.41, 5.74) is 3.68. The van der Waals surface area contributed by atoms with Crippen LogP contribution in [0.25, 0.3) is 17.2 Å². The maximum atomic E-state index is 12.6. The van der Waals surface area contributed by atoms with Crippen LogP contribution in [0.2, 0.25) is 0 Å². The molecule has 1 amide bonds. The number of aliphatic imine (C=N–C) groups is 1. The van der Waals surface area contributed by atoms with E-state index >= 15 is 0 Å². The lowest BCUT2D eigenvalue weighted by Crippen LogP contribution is -2.23. The number of carboxylic acid groups (broad SMARTS) is 1. The summed E-state index contributed by atoms with van der Waals surface area (Å²) >= 11 is 1.34. The first-order valence-corrected chi connectivity index (χ1v) is 10.1. The molecule has 6 heteroatoms. The van der Waals surface area contributed by atoms with E-state index in [1.54, 1.807) is 30.1 Å². The van der Waals surface area contributed by atoms with Crippen molar-refractivity contribution in [3.8, 4) is 11.1 Å². The Morgan fingerprint density at radius 3 is 2.40 bits per heavy atom. The number of carbonyl (C=O) groups excluding carboxylic acids is 1. The summed E-state index contributed by atoms with van der Waals surface area (Å²) in [6, 6.07) is 24.0. The van der Waals surface area contributed by atoms with E-state index in [2.05, 4.69) is 4.99 Å². The van der Waals surface area contributed by atoms with Crippen molar-refractivity contribution in [2.45, 2.75) is 0 Å². The van der Waals surface area contributed by atoms with Crippen molar-refractivity contribution in [2.24, 2.45) is 4.99 Å². The van der Waals surface area contributed by atoms with Crippen LogP contribution >= 0.6 is 11.8 Å². The third-order valence-electron chi connectivity index (χ3n) is 4.64. The van der Waals surface area contributed by atoms with Crippen LogP contribution in [-0.2, 0) is 4.79 Å². The highest BCUT2D eigenvalue weighted by Crippen LogP contribution is 2.33. The summed E-state index contributed by atoms with van der Waals surface area (Å²) in [4.78, 5) is 30.5. The molecule has 0 aliphatic carbocycles. The molecule has 0 spiro atoms. The van der Waals surface area contributed by atoms with E-state index < -0.39 is 5.97 Å². The number of aromatic carboxylic acids is 1. The second kappa shape index (κ2) is 8.39. The smallest absolute Gasteiger partial charge is 0.335 e. The molecule has 0 aromatic heterocycles. The fourth-order valence-electron chi connectivity index (χ4n) is 3.02. The lowest BCUT2D eigenvalue weighted by molar-refractivity contribution is -0.121. The summed E-state index contributed by atoms with van der Waals surface area (Å²) in [6.07, 6.45) is 1.84. The maximum Gasteiger partial charge on any atom is 0.335 e. The number of likely N-dealkylation sites (N-methyl/N-ethyl adjacent to an activating group) is 1. The van der Waals surface area contributed by atoms with E-state index in [-0.39, 0.29) is 11.5 Å². The molecular formula is C24H18N2O3S. The van der Waals surface area contributed by atoms with Gasteiger partial charge in [-0.25, -0.2) is 9.79 Å². The number of thioether (sulfide) groups is 1. The summed E-state index contributed by atoms with van der Waals surface area (Å²) in [7, 11) is 1.72. The molecule has 3 aromatic rings. The molecule has 5 nitrogen and oxygen atoms in total. The van der Waals surface area contributed by atoms with E-state index in [9.17, 15) is 9.59 Å². The molecule has 1 N–H and O–H groups in total. The molecule has 0 saturated carbocycles. The lowest BCUT2D eigenvalue weighted by Gasteiger charge is -2.06. The molecule has 1 heterocycles. The summed E-state index contributed by atoms with van der Waals surface area (Å²) in [5, 5.41) is 9.80. The summed E-state index contributed by atoms with van der Waals surface area (Å²) in [6.45, 7) is 0. The molecule has 3 aromatic carbocycles. The minimum absolute atomic E-state index is 0.0899. The summed E-state index contributed by atoms with van der Waals surface area (Å²) < 4.78 is 0. The average Bonchev–Trinajstić information content (AvgIpc) is 3.03. The van der Waals surface area contributed by atoms with Crippen LogP contribution in [0.15, 0.2) is 88.8 Å². The first-order chi connectivity index (χ1) is 14.5. The van der Waals surface area contributed by atoms with Crippen molar-refractivity contribution < 1.29 is 14.7 Å². The number of nitrogens with zero attached hydrogens (tertiary/aromatic N) is 2. The van der Waals surface area contributed by atoms with Gasteiger partial charge in [0.15, 0.2) is 5.17 Å². The molecule has 0 atom stereocenters. The Hall–Kier alpha value is -3.64. The van der Waals surface area contributed by atoms with Gasteiger partial charge in [0.2, 0.25) is 0 Å². The predicted molar refractivity (Wildman–Crippen MR) is 121 cm³/mol. The normalized spacial score (nSPS) is 16.4. The monoisotopic (exact) mass is 414 g/mol. The molecule has 0 unspecified atom stereocenters. The Morgan fingerprint density at radius 2 is 1.70 bits per heavy atom. The zero-order valence-corrected chi connectivity index (χ0v) is 17.0. The van der Waals surface area contributed by atoms with Crippen LogP contribution in [0.1, 0.15) is 15.9 Å². The minimum Gasteiger partial charge on any atom is -0.478 e. The highest BCUT2D eigenvalue weighted by atomic mass is 32.2. The van der Waals surface area contributed by atoms with Crippen molar-refractivity contribution >= 4 is 40.6 Å². The van der Waals surface area contributed by atoms with Crippen LogP contribution < -0.4 is 0 Å². The van der Waals surface area contributed by atoms with Crippen molar-refractivity contribution in [2.75, 3.05) is 7.05 Å². The fourth-order valence-corrected chi connectivity index (χ4v) is 4.01. The number of amides is 1. The van der Waals surface area contributed by atoms with Gasteiger partial charge >= 0.3 is 5.97 Å². The Bertz CT molecular complexity index is 1170. The zero-order chi connectivity index (χ0) is 21.1. The van der Waals surface area contributed by atoms with E-state index in [4.69, 9.17) is 5.11 Å². The van der Waals surface area contributed by atoms with E-state index in [0.717, 1.165) is 22.4 Å². The number of carboxylic acids is 1. The number of amidine groups is 1. The molecule has 30 heavy (non-hydrogen) atoms. The Morgan fingerprint density at radius 1 is 0.967 bits per heavy atom. The van der Waals surface area contributed by atoms with Crippen LogP contribution in [0.5, 0.6) is 0 Å². The molecule has 1 fully saturated rings. The minimum atomic E-state index is -0.952. The topological polar surface area (TPSA) is 70.0 Å². The molecule has 1 saturated heterocycles. The zero-order valence-electron chi connectivity index (χ0n) is 16.1. The standard InChI is InChI=1S/C24H18N2O3S/c1-26-22(27)21(30-24(26)25-20-8-3-2-4-9-20)14-16-10-12-17(13-11-16)18-6-5-7-19(15-18)23(28)29/h2-15H,1H3,(H,28,29)/b21-14-,25-24+. The quantitative estimate of drug-likeness (QED) is 0.589. The van der Waals surface area contributed by atoms with Crippen molar-refractivity contribution in [1.29, 1.82) is 0 Å². The second-order valence-electron chi connectivity index (χ2n) is 6.71. The van der Waals surface area contributed by atoms with Crippen molar-refractivity contribution in [1.82, 2.24) is 4.90 Å². The second-order valence-corrected chi connectivity index (χ2v) is 7.72. The first-order valence-electron chi connectivity index (χ1n) is 9.26. The molecule has 1 aliphatic heterocycles. The Balaban J connectivity index is 1.56. The predicted octanol–water partition coefficient (Wildman–Crippen LogP) is 5.29. The van der Waals surface area contributed by atoms with Gasteiger partial charge < -0.3 is 5.11 Å². The number of hydrogen-bond acceptors (Lipinski definition) is 4. The molecule has 0 radical (unpaired) electrons. The van der Waals surface area contributed by atoms with Gasteiger partial charge in [-0.15, -0.1) is 0 Å². The number of carbonyl (C=O) groups is 2. The largest absolute Gasteiger partial charge is 0.478 e. The van der Waals surface area contributed by atoms with Crippen LogP contribution in [0, 0.1) is 0 Å². The van der Waals surface area contributed by atoms with Gasteiger partial charge in [0, 0.05) is 7.05 Å². The average molecular weight is 414 g/mol. The van der Waals surface area contributed by atoms with Crippen molar-refractivity contribution in [3.05, 3.63) is 94.9 Å². The van der Waals surface area contributed by atoms with Crippen LogP contribution in [-0.4, -0.2) is 34.1 Å². The highest BCUT2D eigenvalue weighted by Gasteiger charge is 2.30. The maximum absolute atomic E-state index is 12.6. The van der Waals surface area contributed by atoms with Gasteiger partial charge in [-0.1, -0.05) is 54.6 Å². The molecular weight excluding hydrogens is 396 g/mol. The lowest BCUT2D eigenvalue weighted by atomic mass is 10.0. The highest BCUT2D eigenvalue weighted by molar-refractivity contribution is 8.18. The van der Waals surface area contributed by atoms with E-state index in [1.807, 2.05) is 66.7 Å². The molecule has 4 rings (SSSR count). The Labute approximate surface area is 178 Å². The SMILES string of the molecule is CN1C(=O)/C(=C/c2ccc(-c3cccc(C(=O)O)c3)cc2)S/C1=N/c1ccccc1. The third-order valence-corrected chi connectivity index (χ3v) is 5.70. The number of para-hydroxylation sites is 1. The fraction of sp³-hybridized carbons (Fsp3) is 0.0417. The number of hydrogen-bond donors (Lipinski definition) is 1. The van der Waals surface area contributed by atoms with Gasteiger partial charge in [-0.3, -0.25) is 9.69 Å². The first kappa shape index (κ1) is 19.7. The Kier molecular flexibility index (Phi) is 5.50. The van der Waals surface area contributed by atoms with E-state index in [1.165, 1.54) is 11.8 Å². The van der Waals surface area contributed by atoms with E-state index in [0.29, 0.717) is 10.1 Å². The molecule has 0 bridgehead atoms. The number of benzene rings is 3. The van der Waals surface area contributed by atoms with Crippen LogP contribution in [0.3, 0.4) is 0 Å². The third kappa shape index (κ3) is 4.18. The van der Waals surface area contributed by atoms with Crippen molar-refractivity contribution in [3.63, 3.8) is 0 Å². The molecule has 148 valence electrons. The van der Waals surface area contributed by atoms with Gasteiger partial charge in [-0.2, -0.15) is 0 Å². The van der Waals surface area contributed by atoms with Gasteiger partial charge in [0.05, 0.1) is 16.2 Å². The van der Waals surface area contributed by atoms with Gasteiger partial charge in [0.1, 0.15) is 0 Å². The molecule has 1 aliphatic rings. The number of rotatable bonds is 4.